The highest BCUT2D eigenvalue weighted by atomic mass is 35.5. The average Bonchev–Trinajstić information content (AvgIpc) is 2.58. The number of ether oxygens (including phenoxy) is 1. The summed E-state index contributed by atoms with van der Waals surface area (Å²) in [5, 5.41) is 0. The fourth-order valence-corrected chi connectivity index (χ4v) is 5.02. The van der Waals surface area contributed by atoms with Crippen molar-refractivity contribution in [1.82, 2.24) is 9.71 Å². The van der Waals surface area contributed by atoms with E-state index in [0.717, 1.165) is 11.3 Å². The van der Waals surface area contributed by atoms with Gasteiger partial charge in [0.1, 0.15) is 0 Å². The number of thiazole rings is 1. The van der Waals surface area contributed by atoms with Crippen LogP contribution in [0, 0.1) is 6.92 Å². The van der Waals surface area contributed by atoms with Gasteiger partial charge in [-0.15, -0.1) is 0 Å². The second kappa shape index (κ2) is 5.42. The van der Waals surface area contributed by atoms with Crippen LogP contribution in [0.4, 0.5) is 0 Å². The first-order valence-corrected chi connectivity index (χ1v) is 8.33. The normalized spacial score (nSPS) is 25.3. The van der Waals surface area contributed by atoms with Crippen molar-refractivity contribution in [3.8, 4) is 0 Å². The van der Waals surface area contributed by atoms with E-state index in [1.807, 2.05) is 6.92 Å². The van der Waals surface area contributed by atoms with Gasteiger partial charge in [-0.2, -0.15) is 0 Å². The lowest BCUT2D eigenvalue weighted by Gasteiger charge is -2.27. The first-order valence-electron chi connectivity index (χ1n) is 5.65. The second-order valence-corrected chi connectivity index (χ2v) is 7.85. The van der Waals surface area contributed by atoms with Crippen molar-refractivity contribution in [3.05, 3.63) is 10.2 Å². The molecule has 8 heteroatoms. The van der Waals surface area contributed by atoms with Crippen LogP contribution in [0.25, 0.3) is 0 Å². The lowest BCUT2D eigenvalue weighted by molar-refractivity contribution is 0.0173. The highest BCUT2D eigenvalue weighted by molar-refractivity contribution is 7.91. The zero-order valence-corrected chi connectivity index (χ0v) is 12.5. The fraction of sp³-hybridized carbons (Fsp3) is 0.700. The van der Waals surface area contributed by atoms with E-state index < -0.39 is 10.0 Å². The van der Waals surface area contributed by atoms with Gasteiger partial charge in [0.25, 0.3) is 10.0 Å². The van der Waals surface area contributed by atoms with Crippen LogP contribution in [0.5, 0.6) is 0 Å². The van der Waals surface area contributed by atoms with Gasteiger partial charge in [-0.1, -0.05) is 22.9 Å². The molecule has 1 aliphatic heterocycles. The molecule has 1 aromatic rings. The minimum absolute atomic E-state index is 0.0811. The molecule has 5 nitrogen and oxygen atoms in total. The Bertz CT molecular complexity index is 529. The largest absolute Gasteiger partial charge is 0.378 e. The Morgan fingerprint density at radius 1 is 1.56 bits per heavy atom. The van der Waals surface area contributed by atoms with Crippen molar-refractivity contribution in [2.75, 3.05) is 6.61 Å². The third-order valence-corrected chi connectivity index (χ3v) is 6.17. The Morgan fingerprint density at radius 2 is 2.28 bits per heavy atom. The molecular formula is C10H15ClN2O3S2. The highest BCUT2D eigenvalue weighted by Gasteiger charge is 2.27. The van der Waals surface area contributed by atoms with E-state index in [0.29, 0.717) is 25.1 Å². The molecule has 0 aromatic carbocycles. The van der Waals surface area contributed by atoms with E-state index in [-0.39, 0.29) is 20.8 Å². The summed E-state index contributed by atoms with van der Waals surface area (Å²) < 4.78 is 32.9. The van der Waals surface area contributed by atoms with Crippen LogP contribution in [0.3, 0.4) is 0 Å². The van der Waals surface area contributed by atoms with Gasteiger partial charge < -0.3 is 4.74 Å². The number of hydrogen-bond donors (Lipinski definition) is 1. The maximum Gasteiger partial charge on any atom is 0.252 e. The van der Waals surface area contributed by atoms with E-state index in [9.17, 15) is 8.42 Å². The van der Waals surface area contributed by atoms with Crippen molar-refractivity contribution in [2.45, 2.75) is 43.0 Å². The molecule has 102 valence electrons. The molecule has 1 aromatic heterocycles. The molecule has 0 amide bonds. The van der Waals surface area contributed by atoms with Crippen LogP contribution in [-0.4, -0.2) is 32.2 Å². The summed E-state index contributed by atoms with van der Waals surface area (Å²) in [6, 6.07) is -0.0842. The van der Waals surface area contributed by atoms with E-state index >= 15 is 0 Å². The number of nitrogens with zero attached hydrogens (tertiary/aromatic N) is 1. The topological polar surface area (TPSA) is 68.3 Å². The molecule has 2 unspecified atom stereocenters. The summed E-state index contributed by atoms with van der Waals surface area (Å²) in [7, 11) is -3.53. The third kappa shape index (κ3) is 3.21. The Kier molecular flexibility index (Phi) is 4.28. The summed E-state index contributed by atoms with van der Waals surface area (Å²) in [6.07, 6.45) is 1.46. The van der Waals surface area contributed by atoms with E-state index in [1.54, 1.807) is 6.92 Å². The smallest absolute Gasteiger partial charge is 0.252 e. The summed E-state index contributed by atoms with van der Waals surface area (Å²) in [4.78, 5) is 3.93. The quantitative estimate of drug-likeness (QED) is 0.926. The van der Waals surface area contributed by atoms with Crippen LogP contribution in [0.15, 0.2) is 4.21 Å². The Labute approximate surface area is 116 Å². The maximum absolute atomic E-state index is 12.2. The van der Waals surface area contributed by atoms with Crippen LogP contribution in [0.2, 0.25) is 4.47 Å². The van der Waals surface area contributed by atoms with Gasteiger partial charge in [-0.25, -0.2) is 18.1 Å². The van der Waals surface area contributed by atoms with Crippen molar-refractivity contribution in [2.24, 2.45) is 0 Å². The zero-order chi connectivity index (χ0) is 13.3. The first kappa shape index (κ1) is 14.2. The van der Waals surface area contributed by atoms with Crippen molar-refractivity contribution >= 4 is 33.0 Å². The molecule has 0 aliphatic carbocycles. The summed E-state index contributed by atoms with van der Waals surface area (Å²) in [5.41, 5.74) is 0.442. The molecule has 18 heavy (non-hydrogen) atoms. The van der Waals surface area contributed by atoms with Gasteiger partial charge in [-0.05, 0) is 26.7 Å². The lowest BCUT2D eigenvalue weighted by atomic mass is 10.1. The Hall–Kier alpha value is -0.210. The van der Waals surface area contributed by atoms with E-state index in [1.165, 1.54) is 0 Å². The summed E-state index contributed by atoms with van der Waals surface area (Å²) >= 11 is 6.72. The predicted octanol–water partition coefficient (Wildman–Crippen LogP) is 1.95. The van der Waals surface area contributed by atoms with Crippen LogP contribution >= 0.6 is 22.9 Å². The number of aromatic nitrogens is 1. The second-order valence-electron chi connectivity index (χ2n) is 4.36. The van der Waals surface area contributed by atoms with E-state index in [4.69, 9.17) is 16.3 Å². The Morgan fingerprint density at radius 3 is 2.83 bits per heavy atom. The predicted molar refractivity (Wildman–Crippen MR) is 70.6 cm³/mol. The van der Waals surface area contributed by atoms with Gasteiger partial charge in [0.15, 0.2) is 8.68 Å². The SMILES string of the molecule is Cc1nc(Cl)sc1S(=O)(=O)NC1CCOC(C)C1. The third-order valence-electron chi connectivity index (χ3n) is 2.78. The lowest BCUT2D eigenvalue weighted by Crippen LogP contribution is -2.41. The number of sulfonamides is 1. The molecule has 1 aliphatic rings. The summed E-state index contributed by atoms with van der Waals surface area (Å²) in [5.74, 6) is 0. The zero-order valence-electron chi connectivity index (χ0n) is 10.1. The maximum atomic E-state index is 12.2. The summed E-state index contributed by atoms with van der Waals surface area (Å²) in [6.45, 7) is 4.16. The van der Waals surface area contributed by atoms with Crippen LogP contribution in [-0.2, 0) is 14.8 Å². The minimum Gasteiger partial charge on any atom is -0.378 e. The Balaban J connectivity index is 2.14. The number of rotatable bonds is 3. The molecule has 2 atom stereocenters. The molecule has 1 N–H and O–H groups in total. The number of halogens is 1. The molecule has 1 fully saturated rings. The van der Waals surface area contributed by atoms with Crippen LogP contribution < -0.4 is 4.72 Å². The number of aryl methyl sites for hydroxylation is 1. The number of hydrogen-bond acceptors (Lipinski definition) is 5. The average molecular weight is 311 g/mol. The standard InChI is InChI=1S/C10H15ClN2O3S2/c1-6-5-8(3-4-16-6)13-18(14,15)9-7(2)12-10(11)17-9/h6,8,13H,3-5H2,1-2H3. The fourth-order valence-electron chi connectivity index (χ4n) is 1.98. The molecule has 0 radical (unpaired) electrons. The highest BCUT2D eigenvalue weighted by Crippen LogP contribution is 2.27. The van der Waals surface area contributed by atoms with E-state index in [2.05, 4.69) is 9.71 Å². The van der Waals surface area contributed by atoms with Crippen molar-refractivity contribution < 1.29 is 13.2 Å². The molecule has 0 spiro atoms. The van der Waals surface area contributed by atoms with Gasteiger partial charge in [0, 0.05) is 12.6 Å². The first-order chi connectivity index (χ1) is 8.38. The van der Waals surface area contributed by atoms with Crippen molar-refractivity contribution in [1.29, 1.82) is 0 Å². The van der Waals surface area contributed by atoms with Crippen LogP contribution in [0.1, 0.15) is 25.5 Å². The molecule has 2 heterocycles. The van der Waals surface area contributed by atoms with Gasteiger partial charge in [-0.3, -0.25) is 0 Å². The van der Waals surface area contributed by atoms with Crippen molar-refractivity contribution in [3.63, 3.8) is 0 Å². The van der Waals surface area contributed by atoms with Gasteiger partial charge >= 0.3 is 0 Å². The molecule has 0 bridgehead atoms. The number of nitrogens with one attached hydrogen (secondary N) is 1. The molecule has 2 rings (SSSR count). The van der Waals surface area contributed by atoms with Gasteiger partial charge in [0.2, 0.25) is 0 Å². The monoisotopic (exact) mass is 310 g/mol. The van der Waals surface area contributed by atoms with Gasteiger partial charge in [0.05, 0.1) is 11.8 Å². The molecule has 0 saturated carbocycles. The molecular weight excluding hydrogens is 296 g/mol. The molecule has 1 saturated heterocycles. The minimum atomic E-state index is -3.53.